The highest BCUT2D eigenvalue weighted by Gasteiger charge is 2.09. The normalized spacial score (nSPS) is 11.5. The smallest absolute Gasteiger partial charge is 0.141 e. The van der Waals surface area contributed by atoms with E-state index in [4.69, 9.17) is 49.1 Å². The predicted octanol–water partition coefficient (Wildman–Crippen LogP) is 6.55. The molecule has 1 aromatic carbocycles. The largest absolute Gasteiger partial charge is 0.492 e. The molecule has 0 aliphatic carbocycles. The molecule has 1 aromatic rings. The third kappa shape index (κ3) is 10.1. The molecule has 0 heterocycles. The second-order valence-corrected chi connectivity index (χ2v) is 8.26. The van der Waals surface area contributed by atoms with Gasteiger partial charge in [-0.15, -0.1) is 0 Å². The molecular weight excluding hydrogens is 397 g/mol. The second-order valence-electron chi connectivity index (χ2n) is 6.85. The van der Waals surface area contributed by atoms with Gasteiger partial charge in [-0.25, -0.2) is 0 Å². The van der Waals surface area contributed by atoms with Crippen molar-refractivity contribution in [3.05, 3.63) is 33.3 Å². The monoisotopic (exact) mass is 421 g/mol. The van der Waals surface area contributed by atoms with Crippen LogP contribution in [0.25, 0.3) is 0 Å². The van der Waals surface area contributed by atoms with Crippen molar-refractivity contribution in [1.82, 2.24) is 0 Å². The SMILES string of the molecule is Cc1cc(OCC=C(Cl)Cl)cc(Cl)c1OCCCCON=CC(C)(C)C. The van der Waals surface area contributed by atoms with Crippen molar-refractivity contribution in [2.45, 2.75) is 40.5 Å². The van der Waals surface area contributed by atoms with Crippen molar-refractivity contribution in [3.8, 4) is 11.5 Å². The summed E-state index contributed by atoms with van der Waals surface area (Å²) in [6, 6.07) is 3.58. The standard InChI is InChI=1S/C19H26Cl3NO3/c1-14-11-15(24-10-7-17(21)22)12-16(20)18(14)25-8-5-6-9-26-23-13-19(2,3)4/h7,11-13H,5-6,8-10H2,1-4H3. The maximum Gasteiger partial charge on any atom is 0.141 e. The van der Waals surface area contributed by atoms with E-state index in [0.717, 1.165) is 18.4 Å². The van der Waals surface area contributed by atoms with Crippen molar-refractivity contribution >= 4 is 41.0 Å². The Kier molecular flexibility index (Phi) is 10.2. The number of oxime groups is 1. The zero-order valence-electron chi connectivity index (χ0n) is 15.7. The van der Waals surface area contributed by atoms with Gasteiger partial charge in [0, 0.05) is 17.7 Å². The number of benzene rings is 1. The van der Waals surface area contributed by atoms with Gasteiger partial charge in [0.1, 0.15) is 29.2 Å². The fourth-order valence-corrected chi connectivity index (χ4v) is 2.29. The first-order chi connectivity index (χ1) is 12.2. The minimum Gasteiger partial charge on any atom is -0.492 e. The zero-order valence-corrected chi connectivity index (χ0v) is 17.9. The van der Waals surface area contributed by atoms with Crippen LogP contribution in [0.5, 0.6) is 11.5 Å². The Morgan fingerprint density at radius 3 is 2.42 bits per heavy atom. The molecule has 7 heteroatoms. The summed E-state index contributed by atoms with van der Waals surface area (Å²) in [6.07, 6.45) is 5.06. The summed E-state index contributed by atoms with van der Waals surface area (Å²) < 4.78 is 11.5. The first-order valence-electron chi connectivity index (χ1n) is 8.42. The molecule has 26 heavy (non-hydrogen) atoms. The van der Waals surface area contributed by atoms with E-state index in [1.165, 1.54) is 0 Å². The van der Waals surface area contributed by atoms with Crippen LogP contribution in [0, 0.1) is 12.3 Å². The molecule has 0 saturated heterocycles. The first-order valence-corrected chi connectivity index (χ1v) is 9.56. The molecule has 0 atom stereocenters. The van der Waals surface area contributed by atoms with Gasteiger partial charge in [0.15, 0.2) is 0 Å². The van der Waals surface area contributed by atoms with Crippen molar-refractivity contribution < 1.29 is 14.3 Å². The second kappa shape index (κ2) is 11.6. The molecule has 0 amide bonds. The number of unbranched alkanes of at least 4 members (excludes halogenated alkanes) is 1. The number of hydrogen-bond acceptors (Lipinski definition) is 4. The Morgan fingerprint density at radius 2 is 1.81 bits per heavy atom. The minimum atomic E-state index is 0.0276. The maximum absolute atomic E-state index is 6.28. The van der Waals surface area contributed by atoms with Gasteiger partial charge in [-0.2, -0.15) is 0 Å². The summed E-state index contributed by atoms with van der Waals surface area (Å²) in [6.45, 7) is 9.52. The van der Waals surface area contributed by atoms with Crippen LogP contribution in [-0.2, 0) is 4.84 Å². The van der Waals surface area contributed by atoms with Gasteiger partial charge in [-0.05, 0) is 37.5 Å². The van der Waals surface area contributed by atoms with E-state index in [2.05, 4.69) is 25.9 Å². The number of aryl methyl sites for hydroxylation is 1. The lowest BCUT2D eigenvalue weighted by atomic mass is 10.00. The quantitative estimate of drug-likeness (QED) is 0.244. The lowest BCUT2D eigenvalue weighted by Gasteiger charge is -2.13. The summed E-state index contributed by atoms with van der Waals surface area (Å²) >= 11 is 17.4. The summed E-state index contributed by atoms with van der Waals surface area (Å²) in [5.74, 6) is 1.30. The molecule has 0 N–H and O–H groups in total. The van der Waals surface area contributed by atoms with Crippen LogP contribution in [0.3, 0.4) is 0 Å². The van der Waals surface area contributed by atoms with Crippen LogP contribution in [0.1, 0.15) is 39.2 Å². The van der Waals surface area contributed by atoms with Gasteiger partial charge in [0.2, 0.25) is 0 Å². The Balaban J connectivity index is 2.36. The van der Waals surface area contributed by atoms with Gasteiger partial charge in [-0.3, -0.25) is 0 Å². The molecule has 4 nitrogen and oxygen atoms in total. The molecule has 0 bridgehead atoms. The summed E-state index contributed by atoms with van der Waals surface area (Å²) in [4.78, 5) is 5.23. The lowest BCUT2D eigenvalue weighted by Crippen LogP contribution is -2.07. The fourth-order valence-electron chi connectivity index (χ4n) is 1.86. The maximum atomic E-state index is 6.28. The fraction of sp³-hybridized carbons (Fsp3) is 0.526. The van der Waals surface area contributed by atoms with Crippen LogP contribution in [0.2, 0.25) is 5.02 Å². The third-order valence-corrected chi connectivity index (χ3v) is 3.67. The van der Waals surface area contributed by atoms with Gasteiger partial charge in [0.05, 0.1) is 11.6 Å². The molecule has 0 radical (unpaired) electrons. The molecule has 0 spiro atoms. The van der Waals surface area contributed by atoms with E-state index >= 15 is 0 Å². The molecule has 0 aliphatic rings. The number of hydrogen-bond donors (Lipinski definition) is 0. The molecule has 0 saturated carbocycles. The van der Waals surface area contributed by atoms with E-state index in [1.807, 2.05) is 13.0 Å². The predicted molar refractivity (Wildman–Crippen MR) is 110 cm³/mol. The van der Waals surface area contributed by atoms with Gasteiger partial charge in [0.25, 0.3) is 0 Å². The summed E-state index contributed by atoms with van der Waals surface area (Å²) in [7, 11) is 0. The van der Waals surface area contributed by atoms with Crippen LogP contribution >= 0.6 is 34.8 Å². The van der Waals surface area contributed by atoms with E-state index in [0.29, 0.717) is 29.7 Å². The van der Waals surface area contributed by atoms with Crippen LogP contribution in [-0.4, -0.2) is 26.0 Å². The van der Waals surface area contributed by atoms with Gasteiger partial charge < -0.3 is 14.3 Å². The third-order valence-electron chi connectivity index (χ3n) is 3.08. The van der Waals surface area contributed by atoms with E-state index < -0.39 is 0 Å². The highest BCUT2D eigenvalue weighted by Crippen LogP contribution is 2.33. The molecule has 0 aromatic heterocycles. The number of nitrogens with zero attached hydrogens (tertiary/aromatic N) is 1. The number of ether oxygens (including phenoxy) is 2. The first kappa shape index (κ1) is 22.9. The molecule has 1 rings (SSSR count). The molecule has 0 aliphatic heterocycles. The number of halogens is 3. The molecule has 0 unspecified atom stereocenters. The lowest BCUT2D eigenvalue weighted by molar-refractivity contribution is 0.134. The topological polar surface area (TPSA) is 40.0 Å². The van der Waals surface area contributed by atoms with Gasteiger partial charge >= 0.3 is 0 Å². The zero-order chi connectivity index (χ0) is 19.6. The summed E-state index contributed by atoms with van der Waals surface area (Å²) in [5, 5.41) is 4.46. The van der Waals surface area contributed by atoms with E-state index in [-0.39, 0.29) is 16.5 Å². The highest BCUT2D eigenvalue weighted by molar-refractivity contribution is 6.55. The Bertz CT molecular complexity index is 598. The summed E-state index contributed by atoms with van der Waals surface area (Å²) in [5.41, 5.74) is 0.930. The van der Waals surface area contributed by atoms with E-state index in [9.17, 15) is 0 Å². The van der Waals surface area contributed by atoms with Crippen molar-refractivity contribution in [2.75, 3.05) is 19.8 Å². The minimum absolute atomic E-state index is 0.0276. The van der Waals surface area contributed by atoms with Crippen molar-refractivity contribution in [3.63, 3.8) is 0 Å². The average molecular weight is 423 g/mol. The highest BCUT2D eigenvalue weighted by atomic mass is 35.5. The number of rotatable bonds is 10. The molecule has 146 valence electrons. The average Bonchev–Trinajstić information content (AvgIpc) is 2.50. The van der Waals surface area contributed by atoms with Crippen molar-refractivity contribution in [2.24, 2.45) is 10.6 Å². The Morgan fingerprint density at radius 1 is 1.12 bits per heavy atom. The molecular formula is C19H26Cl3NO3. The van der Waals surface area contributed by atoms with Gasteiger partial charge in [-0.1, -0.05) is 60.7 Å². The Hall–Kier alpha value is -1.10. The van der Waals surface area contributed by atoms with Crippen molar-refractivity contribution in [1.29, 1.82) is 0 Å². The van der Waals surface area contributed by atoms with Crippen LogP contribution in [0.15, 0.2) is 27.9 Å². The Labute approximate surface area is 171 Å². The van der Waals surface area contributed by atoms with Crippen LogP contribution < -0.4 is 9.47 Å². The van der Waals surface area contributed by atoms with Crippen LogP contribution in [0.4, 0.5) is 0 Å². The molecule has 0 fully saturated rings. The van der Waals surface area contributed by atoms with E-state index in [1.54, 1.807) is 18.4 Å².